The molecule has 0 fully saturated rings. The second-order valence-electron chi connectivity index (χ2n) is 5.88. The van der Waals surface area contributed by atoms with Gasteiger partial charge in [-0.3, -0.25) is 4.99 Å². The Labute approximate surface area is 128 Å². The van der Waals surface area contributed by atoms with Crippen LogP contribution in [0.15, 0.2) is 38.8 Å². The Balaban J connectivity index is 1.97. The van der Waals surface area contributed by atoms with E-state index in [1.807, 2.05) is 11.8 Å². The van der Waals surface area contributed by atoms with Gasteiger partial charge in [0.1, 0.15) is 5.58 Å². The van der Waals surface area contributed by atoms with E-state index in [9.17, 15) is 0 Å². The summed E-state index contributed by atoms with van der Waals surface area (Å²) >= 11 is 1.82. The van der Waals surface area contributed by atoms with Gasteiger partial charge in [0.2, 0.25) is 0 Å². The highest BCUT2D eigenvalue weighted by molar-refractivity contribution is 8.17. The van der Waals surface area contributed by atoms with Crippen LogP contribution >= 0.6 is 11.8 Å². The van der Waals surface area contributed by atoms with E-state index in [4.69, 9.17) is 4.42 Å². The van der Waals surface area contributed by atoms with Gasteiger partial charge in [-0.05, 0) is 30.5 Å². The molecule has 0 bridgehead atoms. The Morgan fingerprint density at radius 2 is 2.14 bits per heavy atom. The molecule has 0 spiro atoms. The normalized spacial score (nSPS) is 18.1. The van der Waals surface area contributed by atoms with Crippen molar-refractivity contribution in [3.8, 4) is 0 Å². The van der Waals surface area contributed by atoms with Crippen molar-refractivity contribution < 1.29 is 4.42 Å². The molecule has 2 aliphatic rings. The molecule has 0 saturated heterocycles. The summed E-state index contributed by atoms with van der Waals surface area (Å²) in [5.74, 6) is 0.490. The first kappa shape index (κ1) is 13.0. The molecule has 108 valence electrons. The summed E-state index contributed by atoms with van der Waals surface area (Å²) in [5, 5.41) is 2.35. The van der Waals surface area contributed by atoms with Crippen LogP contribution in [0.1, 0.15) is 25.0 Å². The lowest BCUT2D eigenvalue weighted by Gasteiger charge is -2.18. The van der Waals surface area contributed by atoms with E-state index in [2.05, 4.69) is 48.9 Å². The molecule has 0 radical (unpaired) electrons. The van der Waals surface area contributed by atoms with E-state index in [0.717, 1.165) is 23.8 Å². The SMILES string of the molecule is Cc1ccc(C2=C(C(C)C)SC3=NCCN32)c2occc12. The van der Waals surface area contributed by atoms with Crippen molar-refractivity contribution in [2.45, 2.75) is 20.8 Å². The first-order valence-electron chi connectivity index (χ1n) is 7.38. The molecule has 4 heteroatoms. The fourth-order valence-corrected chi connectivity index (χ4v) is 4.26. The van der Waals surface area contributed by atoms with E-state index in [-0.39, 0.29) is 0 Å². The summed E-state index contributed by atoms with van der Waals surface area (Å²) in [7, 11) is 0. The third kappa shape index (κ3) is 1.85. The first-order valence-corrected chi connectivity index (χ1v) is 8.19. The number of benzene rings is 1. The van der Waals surface area contributed by atoms with Crippen LogP contribution in [0.3, 0.4) is 0 Å². The monoisotopic (exact) mass is 298 g/mol. The molecule has 0 saturated carbocycles. The van der Waals surface area contributed by atoms with Gasteiger partial charge in [-0.15, -0.1) is 0 Å². The lowest BCUT2D eigenvalue weighted by molar-refractivity contribution is 0.606. The molecule has 0 amide bonds. The topological polar surface area (TPSA) is 28.7 Å². The van der Waals surface area contributed by atoms with Gasteiger partial charge in [0.05, 0.1) is 18.5 Å². The first-order chi connectivity index (χ1) is 10.2. The molecule has 0 N–H and O–H groups in total. The molecule has 3 heterocycles. The minimum Gasteiger partial charge on any atom is -0.464 e. The molecule has 2 aromatic rings. The maximum atomic E-state index is 5.81. The van der Waals surface area contributed by atoms with Crippen LogP contribution in [0, 0.1) is 12.8 Å². The van der Waals surface area contributed by atoms with Crippen LogP contribution in [-0.4, -0.2) is 23.2 Å². The number of nitrogens with zero attached hydrogens (tertiary/aromatic N) is 2. The van der Waals surface area contributed by atoms with Crippen molar-refractivity contribution in [1.82, 2.24) is 4.90 Å². The predicted octanol–water partition coefficient (Wildman–Crippen LogP) is 4.48. The van der Waals surface area contributed by atoms with E-state index < -0.39 is 0 Å². The second kappa shape index (κ2) is 4.67. The highest BCUT2D eigenvalue weighted by Gasteiger charge is 2.35. The van der Waals surface area contributed by atoms with Crippen molar-refractivity contribution in [3.63, 3.8) is 0 Å². The lowest BCUT2D eigenvalue weighted by Crippen LogP contribution is -2.20. The van der Waals surface area contributed by atoms with Gasteiger partial charge in [0, 0.05) is 22.4 Å². The Kier molecular flexibility index (Phi) is 2.89. The highest BCUT2D eigenvalue weighted by Crippen LogP contribution is 2.46. The number of rotatable bonds is 2. The van der Waals surface area contributed by atoms with Gasteiger partial charge in [0.25, 0.3) is 0 Å². The molecular formula is C17H18N2OS. The van der Waals surface area contributed by atoms with E-state index in [0.29, 0.717) is 5.92 Å². The largest absolute Gasteiger partial charge is 0.464 e. The Bertz CT molecular complexity index is 785. The molecule has 0 unspecified atom stereocenters. The summed E-state index contributed by atoms with van der Waals surface area (Å²) in [5.41, 5.74) is 4.75. The minimum absolute atomic E-state index is 0.490. The smallest absolute Gasteiger partial charge is 0.168 e. The van der Waals surface area contributed by atoms with Crippen molar-refractivity contribution in [2.75, 3.05) is 13.1 Å². The van der Waals surface area contributed by atoms with Crippen molar-refractivity contribution in [2.24, 2.45) is 10.9 Å². The van der Waals surface area contributed by atoms with Crippen molar-refractivity contribution in [1.29, 1.82) is 0 Å². The van der Waals surface area contributed by atoms with Gasteiger partial charge < -0.3 is 9.32 Å². The van der Waals surface area contributed by atoms with E-state index >= 15 is 0 Å². The summed E-state index contributed by atoms with van der Waals surface area (Å²) in [6, 6.07) is 6.44. The molecule has 4 rings (SSSR count). The van der Waals surface area contributed by atoms with Gasteiger partial charge in [0.15, 0.2) is 5.17 Å². The number of fused-ring (bicyclic) bond motifs is 2. The van der Waals surface area contributed by atoms with Crippen LogP contribution < -0.4 is 0 Å². The molecule has 3 nitrogen and oxygen atoms in total. The molecular weight excluding hydrogens is 280 g/mol. The van der Waals surface area contributed by atoms with Gasteiger partial charge in [-0.1, -0.05) is 31.7 Å². The third-order valence-electron chi connectivity index (χ3n) is 4.12. The number of aryl methyl sites for hydroxylation is 1. The number of hydrogen-bond acceptors (Lipinski definition) is 4. The zero-order valence-electron chi connectivity index (χ0n) is 12.5. The van der Waals surface area contributed by atoms with Crippen LogP contribution in [0.2, 0.25) is 0 Å². The molecule has 1 aromatic heterocycles. The lowest BCUT2D eigenvalue weighted by atomic mass is 10.0. The number of aliphatic imine (C=N–C) groups is 1. The maximum absolute atomic E-state index is 5.81. The van der Waals surface area contributed by atoms with E-state index in [1.54, 1.807) is 6.26 Å². The second-order valence-corrected chi connectivity index (χ2v) is 6.89. The van der Waals surface area contributed by atoms with Crippen LogP contribution in [0.4, 0.5) is 0 Å². The van der Waals surface area contributed by atoms with Crippen LogP contribution in [0.5, 0.6) is 0 Å². The Morgan fingerprint density at radius 1 is 1.29 bits per heavy atom. The predicted molar refractivity (Wildman–Crippen MR) is 89.3 cm³/mol. The number of allylic oxidation sites excluding steroid dienone is 1. The Morgan fingerprint density at radius 3 is 2.95 bits per heavy atom. The van der Waals surface area contributed by atoms with Crippen molar-refractivity contribution >= 4 is 33.6 Å². The zero-order valence-corrected chi connectivity index (χ0v) is 13.3. The molecule has 0 aliphatic carbocycles. The highest BCUT2D eigenvalue weighted by atomic mass is 32.2. The minimum atomic E-state index is 0.490. The average molecular weight is 298 g/mol. The standard InChI is InChI=1S/C17H18N2OS/c1-10(2)16-14(19-8-7-18-17(19)21-16)13-5-4-11(3)12-6-9-20-15(12)13/h4-6,9-10H,7-8H2,1-3H3. The van der Waals surface area contributed by atoms with Crippen LogP contribution in [0.25, 0.3) is 16.7 Å². The van der Waals surface area contributed by atoms with Gasteiger partial charge in [-0.25, -0.2) is 0 Å². The number of hydrogen-bond donors (Lipinski definition) is 0. The maximum Gasteiger partial charge on any atom is 0.168 e. The van der Waals surface area contributed by atoms with Crippen molar-refractivity contribution in [3.05, 3.63) is 40.5 Å². The molecule has 21 heavy (non-hydrogen) atoms. The quantitative estimate of drug-likeness (QED) is 0.818. The fourth-order valence-electron chi connectivity index (χ4n) is 3.06. The van der Waals surface area contributed by atoms with Gasteiger partial charge >= 0.3 is 0 Å². The summed E-state index contributed by atoms with van der Waals surface area (Å²) in [6.07, 6.45) is 1.79. The fraction of sp³-hybridized carbons (Fsp3) is 0.353. The van der Waals surface area contributed by atoms with Crippen LogP contribution in [-0.2, 0) is 0 Å². The zero-order chi connectivity index (χ0) is 14.6. The summed E-state index contributed by atoms with van der Waals surface area (Å²) in [4.78, 5) is 8.38. The van der Waals surface area contributed by atoms with E-state index in [1.165, 1.54) is 27.1 Å². The van der Waals surface area contributed by atoms with Gasteiger partial charge in [-0.2, -0.15) is 0 Å². The average Bonchev–Trinajstić information content (AvgIpc) is 3.13. The molecule has 0 atom stereocenters. The third-order valence-corrected chi connectivity index (χ3v) is 5.54. The summed E-state index contributed by atoms with van der Waals surface area (Å²) in [6.45, 7) is 8.50. The Hall–Kier alpha value is -1.68. The number of thioether (sulfide) groups is 1. The summed E-state index contributed by atoms with van der Waals surface area (Å²) < 4.78 is 5.81. The number of amidine groups is 1. The molecule has 2 aliphatic heterocycles. The number of furan rings is 1. The molecule has 1 aromatic carbocycles.